The highest BCUT2D eigenvalue weighted by Crippen LogP contribution is 2.62. The lowest BCUT2D eigenvalue weighted by Crippen LogP contribution is -2.36. The van der Waals surface area contributed by atoms with E-state index in [1.54, 1.807) is 0 Å². The van der Waals surface area contributed by atoms with Crippen molar-refractivity contribution in [3.05, 3.63) is 252 Å². The van der Waals surface area contributed by atoms with Crippen LogP contribution in [0.5, 0.6) is 11.5 Å². The minimum absolute atomic E-state index is 0.105. The largest absolute Gasteiger partial charge is 0.457 e. The third kappa shape index (κ3) is 4.79. The summed E-state index contributed by atoms with van der Waals surface area (Å²) in [5.74, 6) is 1.78. The van der Waals surface area contributed by atoms with Gasteiger partial charge in [-0.2, -0.15) is 0 Å². The van der Waals surface area contributed by atoms with Crippen LogP contribution in [0.15, 0.2) is 218 Å². The van der Waals surface area contributed by atoms with E-state index in [0.29, 0.717) is 0 Å². The Kier molecular flexibility index (Phi) is 7.38. The quantitative estimate of drug-likeness (QED) is 0.176. The van der Waals surface area contributed by atoms with Crippen molar-refractivity contribution >= 4 is 49.6 Å². The number of aromatic nitrogens is 1. The Morgan fingerprint density at radius 1 is 0.385 bits per heavy atom. The summed E-state index contributed by atoms with van der Waals surface area (Å²) in [6.07, 6.45) is 0. The minimum Gasteiger partial charge on any atom is -0.457 e. The minimum atomic E-state index is -0.612. The van der Waals surface area contributed by atoms with E-state index in [1.165, 1.54) is 77.1 Å². The molecule has 2 heterocycles. The van der Waals surface area contributed by atoms with Gasteiger partial charge >= 0.3 is 0 Å². The van der Waals surface area contributed by atoms with Crippen molar-refractivity contribution in [1.82, 2.24) is 4.57 Å². The molecule has 65 heavy (non-hydrogen) atoms. The van der Waals surface area contributed by atoms with Crippen LogP contribution in [0.1, 0.15) is 47.2 Å². The van der Waals surface area contributed by atoms with E-state index in [2.05, 4.69) is 242 Å². The molecular formula is C62H42N2O. The maximum atomic E-state index is 6.74. The van der Waals surface area contributed by atoms with Gasteiger partial charge in [0.25, 0.3) is 0 Å². The highest BCUT2D eigenvalue weighted by atomic mass is 16.5. The average molecular weight is 831 g/mol. The first-order chi connectivity index (χ1) is 32.0. The van der Waals surface area contributed by atoms with Crippen molar-refractivity contribution < 1.29 is 4.74 Å². The van der Waals surface area contributed by atoms with Crippen LogP contribution in [0.2, 0.25) is 0 Å². The predicted octanol–water partition coefficient (Wildman–Crippen LogP) is 16.2. The molecule has 3 nitrogen and oxygen atoms in total. The number of para-hydroxylation sites is 4. The Hall–Kier alpha value is -8.14. The van der Waals surface area contributed by atoms with Gasteiger partial charge in [0.1, 0.15) is 11.5 Å². The molecule has 0 fully saturated rings. The van der Waals surface area contributed by atoms with E-state index in [1.807, 2.05) is 0 Å². The summed E-state index contributed by atoms with van der Waals surface area (Å²) < 4.78 is 9.14. The second-order valence-corrected chi connectivity index (χ2v) is 18.4. The van der Waals surface area contributed by atoms with Crippen LogP contribution in [0.25, 0.3) is 60.5 Å². The number of anilines is 3. The molecule has 0 unspecified atom stereocenters. The van der Waals surface area contributed by atoms with Gasteiger partial charge in [0.05, 0.1) is 22.1 Å². The SMILES string of the molecule is CC1(C)c2ccccc2-c2cc(N(c3ccc4c(c3)c3ccccc3n4-c3ccccc3)c3ccc4c5c(cccc35)C3(c5ccccc5Oc5ccccc53)c3ccccc3-4)ccc21. The lowest BCUT2D eigenvalue weighted by Gasteiger charge is -2.45. The van der Waals surface area contributed by atoms with Gasteiger partial charge in [0.15, 0.2) is 0 Å². The first-order valence-corrected chi connectivity index (χ1v) is 22.7. The Morgan fingerprint density at radius 2 is 0.954 bits per heavy atom. The molecule has 0 N–H and O–H groups in total. The first-order valence-electron chi connectivity index (χ1n) is 22.7. The fourth-order valence-electron chi connectivity index (χ4n) is 12.1. The van der Waals surface area contributed by atoms with E-state index < -0.39 is 5.41 Å². The van der Waals surface area contributed by atoms with Gasteiger partial charge in [0.2, 0.25) is 0 Å². The third-order valence-corrected chi connectivity index (χ3v) is 14.8. The highest BCUT2D eigenvalue weighted by molar-refractivity contribution is 6.14. The standard InChI is InChI=1S/C62H42N2O/c1-61(2)49-23-9-6-20-43(49)47-37-40(31-34-50(47)61)63(41-32-35-57-48(38-41)44-21-8-13-28-55(44)64(57)39-17-4-3-5-18-39)56-36-33-45-42-19-7-10-24-51(42)62(54-27-16-22-46(56)60(45)54)52-25-11-14-29-58(52)65-59-30-15-12-26-53(59)62/h3-38H,1-2H3. The lowest BCUT2D eigenvalue weighted by atomic mass is 9.58. The average Bonchev–Trinajstić information content (AvgIpc) is 3.81. The zero-order valence-electron chi connectivity index (χ0n) is 36.1. The fraction of sp³-hybridized carbons (Fsp3) is 0.0645. The molecule has 0 amide bonds. The molecule has 3 aliphatic rings. The summed E-state index contributed by atoms with van der Waals surface area (Å²) in [6.45, 7) is 4.72. The molecule has 0 radical (unpaired) electrons. The van der Waals surface area contributed by atoms with Gasteiger partial charge in [-0.05, 0) is 117 Å². The Balaban J connectivity index is 1.08. The molecule has 0 bridgehead atoms. The zero-order chi connectivity index (χ0) is 43.0. The molecule has 1 aliphatic heterocycles. The van der Waals surface area contributed by atoms with Crippen LogP contribution in [0, 0.1) is 0 Å². The van der Waals surface area contributed by atoms with Crippen molar-refractivity contribution in [3.8, 4) is 39.4 Å². The van der Waals surface area contributed by atoms with Crippen LogP contribution in [-0.4, -0.2) is 4.57 Å². The molecule has 306 valence electrons. The Bertz CT molecular complexity index is 3750. The lowest BCUT2D eigenvalue weighted by molar-refractivity contribution is 0.435. The molecule has 11 aromatic rings. The van der Waals surface area contributed by atoms with Gasteiger partial charge in [0, 0.05) is 49.8 Å². The molecule has 0 atom stereocenters. The van der Waals surface area contributed by atoms with E-state index >= 15 is 0 Å². The summed E-state index contributed by atoms with van der Waals surface area (Å²) >= 11 is 0. The van der Waals surface area contributed by atoms with Gasteiger partial charge in [-0.15, -0.1) is 0 Å². The van der Waals surface area contributed by atoms with Gasteiger partial charge in [-0.3, -0.25) is 0 Å². The van der Waals surface area contributed by atoms with Crippen molar-refractivity contribution in [1.29, 1.82) is 0 Å². The highest BCUT2D eigenvalue weighted by Gasteiger charge is 2.49. The zero-order valence-corrected chi connectivity index (χ0v) is 36.1. The number of benzene rings is 10. The van der Waals surface area contributed by atoms with Crippen LogP contribution >= 0.6 is 0 Å². The maximum absolute atomic E-state index is 6.74. The second-order valence-electron chi connectivity index (χ2n) is 18.4. The van der Waals surface area contributed by atoms with Crippen LogP contribution in [0.3, 0.4) is 0 Å². The molecule has 1 spiro atoms. The summed E-state index contributed by atoms with van der Waals surface area (Å²) in [7, 11) is 0. The fourth-order valence-corrected chi connectivity index (χ4v) is 12.1. The smallest absolute Gasteiger partial charge is 0.132 e. The molecule has 1 aromatic heterocycles. The maximum Gasteiger partial charge on any atom is 0.132 e. The third-order valence-electron chi connectivity index (χ3n) is 14.8. The molecule has 0 saturated heterocycles. The van der Waals surface area contributed by atoms with E-state index in [4.69, 9.17) is 4.74 Å². The van der Waals surface area contributed by atoms with Crippen LogP contribution in [0.4, 0.5) is 17.1 Å². The second kappa shape index (κ2) is 13.2. The summed E-state index contributed by atoms with van der Waals surface area (Å²) in [5, 5.41) is 4.90. The van der Waals surface area contributed by atoms with Crippen molar-refractivity contribution in [3.63, 3.8) is 0 Å². The normalized spacial score (nSPS) is 14.4. The molecule has 0 saturated carbocycles. The molecule has 2 aliphatic carbocycles. The number of nitrogens with zero attached hydrogens (tertiary/aromatic N) is 2. The molecule has 3 heteroatoms. The van der Waals surface area contributed by atoms with E-state index in [9.17, 15) is 0 Å². The topological polar surface area (TPSA) is 17.4 Å². The van der Waals surface area contributed by atoms with Crippen molar-refractivity contribution in [2.45, 2.75) is 24.7 Å². The summed E-state index contributed by atoms with van der Waals surface area (Å²) in [6, 6.07) is 80.8. The van der Waals surface area contributed by atoms with Gasteiger partial charge in [-0.25, -0.2) is 0 Å². The predicted molar refractivity (Wildman–Crippen MR) is 268 cm³/mol. The number of fused-ring (bicyclic) bond motifs is 14. The van der Waals surface area contributed by atoms with Crippen molar-refractivity contribution in [2.24, 2.45) is 0 Å². The van der Waals surface area contributed by atoms with E-state index in [0.717, 1.165) is 45.4 Å². The molecule has 10 aromatic carbocycles. The molecular weight excluding hydrogens is 789 g/mol. The number of ether oxygens (including phenoxy) is 1. The summed E-state index contributed by atoms with van der Waals surface area (Å²) in [5.41, 5.74) is 18.8. The van der Waals surface area contributed by atoms with E-state index in [-0.39, 0.29) is 5.41 Å². The number of rotatable bonds is 4. The summed E-state index contributed by atoms with van der Waals surface area (Å²) in [4.78, 5) is 2.52. The first kappa shape index (κ1) is 36.4. The van der Waals surface area contributed by atoms with Crippen LogP contribution < -0.4 is 9.64 Å². The molecule has 14 rings (SSSR count). The Morgan fingerprint density at radius 3 is 1.74 bits per heavy atom. The van der Waals surface area contributed by atoms with Gasteiger partial charge < -0.3 is 14.2 Å². The number of hydrogen-bond donors (Lipinski definition) is 0. The van der Waals surface area contributed by atoms with Crippen LogP contribution in [-0.2, 0) is 10.8 Å². The van der Waals surface area contributed by atoms with Crippen molar-refractivity contribution in [2.75, 3.05) is 4.90 Å². The monoisotopic (exact) mass is 830 g/mol. The Labute approximate surface area is 378 Å². The number of hydrogen-bond acceptors (Lipinski definition) is 2. The van der Waals surface area contributed by atoms with Gasteiger partial charge in [-0.1, -0.05) is 166 Å².